The first-order valence-corrected chi connectivity index (χ1v) is 8.29. The third-order valence-electron chi connectivity index (χ3n) is 4.39. The number of hydrogen-bond acceptors (Lipinski definition) is 1. The van der Waals surface area contributed by atoms with Gasteiger partial charge in [0.2, 0.25) is 0 Å². The van der Waals surface area contributed by atoms with Crippen LogP contribution in [0.3, 0.4) is 0 Å². The van der Waals surface area contributed by atoms with Crippen LogP contribution in [0.4, 0.5) is 0 Å². The van der Waals surface area contributed by atoms with Gasteiger partial charge in [-0.1, -0.05) is 31.4 Å². The molecule has 3 rings (SSSR count). The summed E-state index contributed by atoms with van der Waals surface area (Å²) in [5.41, 5.74) is 2.11. The minimum atomic E-state index is 0.453. The number of imidazole rings is 1. The van der Waals surface area contributed by atoms with Crippen molar-refractivity contribution in [2.45, 2.75) is 45.0 Å². The third kappa shape index (κ3) is 2.82. The quantitative estimate of drug-likeness (QED) is 0.707. The maximum atomic E-state index is 6.13. The van der Waals surface area contributed by atoms with Crippen molar-refractivity contribution in [2.75, 3.05) is 0 Å². The largest absolute Gasteiger partial charge is 0.327 e. The Morgan fingerprint density at radius 2 is 2.20 bits per heavy atom. The first kappa shape index (κ1) is 14.2. The van der Waals surface area contributed by atoms with Gasteiger partial charge < -0.3 is 4.57 Å². The SMILES string of the molecule is CC1CCCC(Cn2c(CCl)nc3ccc(Cl)cc32)C1. The summed E-state index contributed by atoms with van der Waals surface area (Å²) in [5.74, 6) is 2.99. The summed E-state index contributed by atoms with van der Waals surface area (Å²) in [7, 11) is 0. The van der Waals surface area contributed by atoms with E-state index in [1.165, 1.54) is 25.7 Å². The lowest BCUT2D eigenvalue weighted by Gasteiger charge is -2.27. The van der Waals surface area contributed by atoms with E-state index in [2.05, 4.69) is 16.5 Å². The molecule has 1 saturated carbocycles. The second kappa shape index (κ2) is 5.95. The summed E-state index contributed by atoms with van der Waals surface area (Å²) < 4.78 is 2.27. The highest BCUT2D eigenvalue weighted by Gasteiger charge is 2.21. The number of benzene rings is 1. The van der Waals surface area contributed by atoms with Gasteiger partial charge in [-0.05, 0) is 42.9 Å². The van der Waals surface area contributed by atoms with Gasteiger partial charge in [0.25, 0.3) is 0 Å². The molecule has 2 aromatic rings. The molecule has 2 nitrogen and oxygen atoms in total. The third-order valence-corrected chi connectivity index (χ3v) is 4.87. The van der Waals surface area contributed by atoms with Crippen LogP contribution in [0.1, 0.15) is 38.4 Å². The molecule has 1 aromatic carbocycles. The molecule has 0 aliphatic heterocycles. The fourth-order valence-electron chi connectivity index (χ4n) is 3.44. The number of aromatic nitrogens is 2. The molecule has 2 atom stereocenters. The second-order valence-corrected chi connectivity index (χ2v) is 6.75. The van der Waals surface area contributed by atoms with E-state index in [-0.39, 0.29) is 0 Å². The Kier molecular flexibility index (Phi) is 4.23. The minimum Gasteiger partial charge on any atom is -0.327 e. The fraction of sp³-hybridized carbons (Fsp3) is 0.562. The molecule has 4 heteroatoms. The van der Waals surface area contributed by atoms with Gasteiger partial charge in [-0.25, -0.2) is 4.98 Å². The lowest BCUT2D eigenvalue weighted by molar-refractivity contribution is 0.257. The molecule has 0 bridgehead atoms. The highest BCUT2D eigenvalue weighted by Crippen LogP contribution is 2.31. The fourth-order valence-corrected chi connectivity index (χ4v) is 3.81. The molecule has 2 unspecified atom stereocenters. The Bertz CT molecular complexity index is 606. The van der Waals surface area contributed by atoms with Crippen molar-refractivity contribution in [2.24, 2.45) is 11.8 Å². The highest BCUT2D eigenvalue weighted by atomic mass is 35.5. The number of alkyl halides is 1. The number of nitrogens with zero attached hydrogens (tertiary/aromatic N) is 2. The average Bonchev–Trinajstić information content (AvgIpc) is 2.76. The van der Waals surface area contributed by atoms with E-state index in [9.17, 15) is 0 Å². The number of halogens is 2. The number of hydrogen-bond donors (Lipinski definition) is 0. The van der Waals surface area contributed by atoms with Crippen LogP contribution in [0.5, 0.6) is 0 Å². The van der Waals surface area contributed by atoms with Crippen molar-refractivity contribution >= 4 is 34.2 Å². The Balaban J connectivity index is 1.94. The predicted octanol–water partition coefficient (Wildman–Crippen LogP) is 5.25. The molecular formula is C16H20Cl2N2. The van der Waals surface area contributed by atoms with Gasteiger partial charge in [-0.3, -0.25) is 0 Å². The van der Waals surface area contributed by atoms with Crippen molar-refractivity contribution < 1.29 is 0 Å². The van der Waals surface area contributed by atoms with E-state index in [0.717, 1.165) is 40.3 Å². The molecule has 20 heavy (non-hydrogen) atoms. The summed E-state index contributed by atoms with van der Waals surface area (Å²) in [5, 5.41) is 0.761. The van der Waals surface area contributed by atoms with Crippen LogP contribution in [-0.2, 0) is 12.4 Å². The van der Waals surface area contributed by atoms with E-state index >= 15 is 0 Å². The molecule has 1 aliphatic rings. The standard InChI is InChI=1S/C16H20Cl2N2/c1-11-3-2-4-12(7-11)10-20-15-8-13(18)5-6-14(15)19-16(20)9-17/h5-6,8,11-12H,2-4,7,9-10H2,1H3. The first-order chi connectivity index (χ1) is 9.67. The van der Waals surface area contributed by atoms with E-state index in [4.69, 9.17) is 23.2 Å². The van der Waals surface area contributed by atoms with Gasteiger partial charge in [0.05, 0.1) is 16.9 Å². The zero-order valence-electron chi connectivity index (χ0n) is 11.8. The van der Waals surface area contributed by atoms with E-state index in [1.54, 1.807) is 0 Å². The second-order valence-electron chi connectivity index (χ2n) is 6.04. The van der Waals surface area contributed by atoms with Crippen LogP contribution in [0.25, 0.3) is 11.0 Å². The minimum absolute atomic E-state index is 0.453. The maximum Gasteiger partial charge on any atom is 0.124 e. The van der Waals surface area contributed by atoms with E-state index in [0.29, 0.717) is 5.88 Å². The Morgan fingerprint density at radius 1 is 1.35 bits per heavy atom. The summed E-state index contributed by atoms with van der Waals surface area (Å²) >= 11 is 12.2. The van der Waals surface area contributed by atoms with Crippen LogP contribution < -0.4 is 0 Å². The number of rotatable bonds is 3. The smallest absolute Gasteiger partial charge is 0.124 e. The molecule has 1 aromatic heterocycles. The summed E-state index contributed by atoms with van der Waals surface area (Å²) in [6.07, 6.45) is 5.33. The van der Waals surface area contributed by atoms with Crippen molar-refractivity contribution in [3.8, 4) is 0 Å². The lowest BCUT2D eigenvalue weighted by atomic mass is 9.82. The van der Waals surface area contributed by atoms with Crippen molar-refractivity contribution in [3.63, 3.8) is 0 Å². The van der Waals surface area contributed by atoms with Gasteiger partial charge in [-0.15, -0.1) is 11.6 Å². The molecule has 0 N–H and O–H groups in total. The molecule has 1 aliphatic carbocycles. The van der Waals surface area contributed by atoms with Gasteiger partial charge in [0.15, 0.2) is 0 Å². The molecule has 0 saturated heterocycles. The number of fused-ring (bicyclic) bond motifs is 1. The van der Waals surface area contributed by atoms with Gasteiger partial charge in [0.1, 0.15) is 5.82 Å². The Labute approximate surface area is 130 Å². The molecule has 1 fully saturated rings. The first-order valence-electron chi connectivity index (χ1n) is 7.38. The van der Waals surface area contributed by atoms with Crippen LogP contribution in [0.15, 0.2) is 18.2 Å². The zero-order chi connectivity index (χ0) is 14.1. The predicted molar refractivity (Wildman–Crippen MR) is 85.4 cm³/mol. The zero-order valence-corrected chi connectivity index (χ0v) is 13.3. The van der Waals surface area contributed by atoms with E-state index < -0.39 is 0 Å². The van der Waals surface area contributed by atoms with E-state index in [1.807, 2.05) is 18.2 Å². The van der Waals surface area contributed by atoms with Gasteiger partial charge in [-0.2, -0.15) is 0 Å². The monoisotopic (exact) mass is 310 g/mol. The van der Waals surface area contributed by atoms with Gasteiger partial charge >= 0.3 is 0 Å². The summed E-state index contributed by atoms with van der Waals surface area (Å²) in [6, 6.07) is 5.88. The highest BCUT2D eigenvalue weighted by molar-refractivity contribution is 6.31. The van der Waals surface area contributed by atoms with Crippen LogP contribution >= 0.6 is 23.2 Å². The van der Waals surface area contributed by atoms with Crippen LogP contribution in [-0.4, -0.2) is 9.55 Å². The van der Waals surface area contributed by atoms with Crippen LogP contribution in [0, 0.1) is 11.8 Å². The topological polar surface area (TPSA) is 17.8 Å². The normalized spacial score (nSPS) is 23.4. The summed E-state index contributed by atoms with van der Waals surface area (Å²) in [4.78, 5) is 4.63. The molecule has 0 radical (unpaired) electrons. The molecule has 1 heterocycles. The molecule has 0 spiro atoms. The maximum absolute atomic E-state index is 6.13. The van der Waals surface area contributed by atoms with Crippen LogP contribution in [0.2, 0.25) is 5.02 Å². The Hall–Kier alpha value is -0.730. The molecule has 0 amide bonds. The average molecular weight is 311 g/mol. The van der Waals surface area contributed by atoms with Gasteiger partial charge in [0, 0.05) is 11.6 Å². The molecule has 108 valence electrons. The van der Waals surface area contributed by atoms with Crippen molar-refractivity contribution in [3.05, 3.63) is 29.0 Å². The Morgan fingerprint density at radius 3 is 2.95 bits per heavy atom. The lowest BCUT2D eigenvalue weighted by Crippen LogP contribution is -2.19. The van der Waals surface area contributed by atoms with Crippen molar-refractivity contribution in [1.29, 1.82) is 0 Å². The molecular weight excluding hydrogens is 291 g/mol. The van der Waals surface area contributed by atoms with Crippen molar-refractivity contribution in [1.82, 2.24) is 9.55 Å². The summed E-state index contributed by atoms with van der Waals surface area (Å²) in [6.45, 7) is 3.38.